The van der Waals surface area contributed by atoms with E-state index in [2.05, 4.69) is 36.6 Å². The summed E-state index contributed by atoms with van der Waals surface area (Å²) in [5.41, 5.74) is 0. The average Bonchev–Trinajstić information content (AvgIpc) is 1.42. The van der Waals surface area contributed by atoms with Gasteiger partial charge in [0, 0.05) is 19.8 Å². The molecule has 3 fully saturated rings. The lowest BCUT2D eigenvalue weighted by Gasteiger charge is -2.50. The van der Waals surface area contributed by atoms with Crippen LogP contribution in [0.15, 0.2) is 12.2 Å². The summed E-state index contributed by atoms with van der Waals surface area (Å²) >= 11 is 0. The number of aliphatic hydroxyl groups is 11. The second kappa shape index (κ2) is 45.7. The monoisotopic (exact) mass is 1250 g/mol. The Labute approximate surface area is 518 Å². The average molecular weight is 1250 g/mol. The number of amides is 2. The number of aliphatic carboxylic acids is 1. The first-order valence-electron chi connectivity index (χ1n) is 33.5. The topological polar surface area (TPSA) is 373 Å². The number of hydrogen-bond donors (Lipinski definition) is 14. The van der Waals surface area contributed by atoms with Crippen molar-refractivity contribution in [3.05, 3.63) is 12.2 Å². The molecule has 0 radical (unpaired) electrons. The van der Waals surface area contributed by atoms with E-state index < -0.39 is 148 Å². The van der Waals surface area contributed by atoms with Crippen LogP contribution in [0.1, 0.15) is 239 Å². The Hall–Kier alpha value is -2.53. The van der Waals surface area contributed by atoms with Crippen LogP contribution < -0.4 is 10.6 Å². The van der Waals surface area contributed by atoms with E-state index >= 15 is 0 Å². The quantitative estimate of drug-likeness (QED) is 0.0278. The van der Waals surface area contributed by atoms with E-state index in [1.54, 1.807) is 0 Å². The largest absolute Gasteiger partial charge is 0.477 e. The number of rotatable bonds is 50. The molecule has 3 heterocycles. The zero-order valence-corrected chi connectivity index (χ0v) is 52.9. The molecule has 3 rings (SSSR count). The number of ether oxygens (including phenoxy) is 6. The van der Waals surface area contributed by atoms with E-state index in [-0.39, 0.29) is 18.9 Å². The van der Waals surface area contributed by atoms with Gasteiger partial charge in [0.1, 0.15) is 67.1 Å². The van der Waals surface area contributed by atoms with Gasteiger partial charge in [0.25, 0.3) is 5.79 Å². The van der Waals surface area contributed by atoms with Gasteiger partial charge >= 0.3 is 5.97 Å². The maximum Gasteiger partial charge on any atom is 0.364 e. The first-order chi connectivity index (χ1) is 41.9. The van der Waals surface area contributed by atoms with Crippen molar-refractivity contribution in [3.8, 4) is 0 Å². The second-order valence-electron chi connectivity index (χ2n) is 24.7. The zero-order chi connectivity index (χ0) is 64.0. The van der Waals surface area contributed by atoms with Crippen LogP contribution in [-0.4, -0.2) is 215 Å². The van der Waals surface area contributed by atoms with E-state index in [0.717, 1.165) is 71.1 Å². The van der Waals surface area contributed by atoms with Crippen LogP contribution >= 0.6 is 0 Å². The van der Waals surface area contributed by atoms with Crippen molar-refractivity contribution < 1.29 is 104 Å². The van der Waals surface area contributed by atoms with Crippen LogP contribution in [0.25, 0.3) is 0 Å². The summed E-state index contributed by atoms with van der Waals surface area (Å²) in [5.74, 6) is -6.11. The summed E-state index contributed by atoms with van der Waals surface area (Å²) in [6.07, 6.45) is 12.3. The minimum atomic E-state index is -3.08. The second-order valence-corrected chi connectivity index (χ2v) is 24.7. The molecule has 0 aromatic carbocycles. The molecule has 3 aliphatic heterocycles. The number of carbonyl (C=O) groups is 3. The smallest absolute Gasteiger partial charge is 0.364 e. The fourth-order valence-electron chi connectivity index (χ4n) is 11.8. The van der Waals surface area contributed by atoms with Crippen LogP contribution in [0.5, 0.6) is 0 Å². The van der Waals surface area contributed by atoms with Crippen molar-refractivity contribution >= 4 is 17.8 Å². The van der Waals surface area contributed by atoms with Crippen molar-refractivity contribution in [2.45, 2.75) is 349 Å². The van der Waals surface area contributed by atoms with Gasteiger partial charge < -0.3 is 100 Å². The molecule has 0 aliphatic carbocycles. The Morgan fingerprint density at radius 2 is 1.07 bits per heavy atom. The molecule has 14 N–H and O–H groups in total. The predicted octanol–water partition coefficient (Wildman–Crippen LogP) is 5.12. The molecule has 87 heavy (non-hydrogen) atoms. The molecule has 18 atom stereocenters. The maximum atomic E-state index is 13.4. The van der Waals surface area contributed by atoms with E-state index in [1.165, 1.54) is 122 Å². The number of nitrogens with one attached hydrogen (secondary N) is 2. The van der Waals surface area contributed by atoms with E-state index in [1.807, 2.05) is 0 Å². The lowest BCUT2D eigenvalue weighted by Crippen LogP contribution is -2.70. The fourth-order valence-corrected chi connectivity index (χ4v) is 11.8. The van der Waals surface area contributed by atoms with Crippen molar-refractivity contribution in [2.75, 3.05) is 26.4 Å². The van der Waals surface area contributed by atoms with E-state index in [0.29, 0.717) is 19.3 Å². The summed E-state index contributed by atoms with van der Waals surface area (Å²) in [5, 5.41) is 136. The third-order valence-electron chi connectivity index (χ3n) is 17.2. The van der Waals surface area contributed by atoms with Crippen molar-refractivity contribution in [2.24, 2.45) is 0 Å². The summed E-state index contributed by atoms with van der Waals surface area (Å²) < 4.78 is 34.8. The first kappa shape index (κ1) is 78.7. The van der Waals surface area contributed by atoms with Gasteiger partial charge in [-0.15, -0.1) is 0 Å². The molecule has 3 saturated heterocycles. The molecule has 23 nitrogen and oxygen atoms in total. The molecule has 0 spiro atoms. The Balaban J connectivity index is 1.60. The first-order valence-corrected chi connectivity index (χ1v) is 33.5. The highest BCUT2D eigenvalue weighted by atomic mass is 16.8. The Kier molecular flexibility index (Phi) is 41.3. The van der Waals surface area contributed by atoms with Crippen LogP contribution in [0.3, 0.4) is 0 Å². The summed E-state index contributed by atoms with van der Waals surface area (Å²) in [7, 11) is 0. The van der Waals surface area contributed by atoms with Gasteiger partial charge in [-0.1, -0.05) is 193 Å². The summed E-state index contributed by atoms with van der Waals surface area (Å²) in [6.45, 7) is 2.16. The molecule has 0 aromatic rings. The van der Waals surface area contributed by atoms with Gasteiger partial charge in [0.05, 0.1) is 50.7 Å². The Morgan fingerprint density at radius 3 is 1.57 bits per heavy atom. The molecule has 18 unspecified atom stereocenters. The number of allylic oxidation sites excluding steroid dienone is 2. The minimum absolute atomic E-state index is 0.214. The van der Waals surface area contributed by atoms with Gasteiger partial charge in [-0.3, -0.25) is 9.59 Å². The number of hydrogen-bond acceptors (Lipinski definition) is 20. The Morgan fingerprint density at radius 1 is 0.586 bits per heavy atom. The minimum Gasteiger partial charge on any atom is -0.477 e. The van der Waals surface area contributed by atoms with E-state index in [9.17, 15) is 75.7 Å². The number of carboxylic acids is 1. The molecule has 510 valence electrons. The van der Waals surface area contributed by atoms with Gasteiger partial charge in [0.2, 0.25) is 11.8 Å². The molecule has 2 amide bonds. The number of carboxylic acid groups (broad SMARTS) is 1. The van der Waals surface area contributed by atoms with Gasteiger partial charge in [-0.25, -0.2) is 4.79 Å². The predicted molar refractivity (Wildman–Crippen MR) is 325 cm³/mol. The zero-order valence-electron chi connectivity index (χ0n) is 52.9. The van der Waals surface area contributed by atoms with Gasteiger partial charge in [0.15, 0.2) is 12.6 Å². The highest BCUT2D eigenvalue weighted by Crippen LogP contribution is 2.39. The third kappa shape index (κ3) is 28.9. The molecule has 0 saturated carbocycles. The van der Waals surface area contributed by atoms with Crippen LogP contribution in [0, 0.1) is 0 Å². The summed E-state index contributed by atoms with van der Waals surface area (Å²) in [6, 6.07) is -2.53. The lowest BCUT2D eigenvalue weighted by molar-refractivity contribution is -0.386. The molecular formula is C64H118N2O21. The SMILES string of the molecule is CCCCC/C=C\CCCCCCCC(=O)NC(COC1OC(CO)C(OC2OC(CO)C(O)C(OC3(C(=O)O)CC(O)C(NC(C)=O)C(C(O)C(O)CO)O3)C2O)C(O)C1O)C(O)CCCCCCCCCCCCCCCCCCCCCCC. The number of carbonyl (C=O) groups excluding carboxylic acids is 2. The molecule has 3 aliphatic rings. The molecule has 0 bridgehead atoms. The highest BCUT2D eigenvalue weighted by molar-refractivity contribution is 5.77. The van der Waals surface area contributed by atoms with Crippen molar-refractivity contribution in [1.29, 1.82) is 0 Å². The standard InChI is InChI=1S/C64H118N2O21/c1-4-6-8-10-12-14-16-18-19-20-21-22-23-24-25-26-27-29-31-33-35-37-46(71)45(66-51(74)38-36-34-32-30-28-17-15-13-11-9-7-5-2)43-82-61-56(78)55(77)58(50(42-69)84-61)85-62-57(79)60(54(76)49(41-68)83-62)87-64(63(80)81)39-47(72)52(65-44(3)70)59(86-64)53(75)48(73)40-67/h13,15,45-50,52-62,67-69,71-73,75-79H,4-12,14,16-43H2,1-3H3,(H,65,70)(H,66,74)(H,80,81)/b15-13-. The lowest BCUT2D eigenvalue weighted by atomic mass is 9.88. The normalized spacial score (nSPS) is 29.2. The van der Waals surface area contributed by atoms with Crippen LogP contribution in [0.4, 0.5) is 0 Å². The Bertz CT molecular complexity index is 1820. The summed E-state index contributed by atoms with van der Waals surface area (Å²) in [4.78, 5) is 38.5. The molecular weight excluding hydrogens is 1130 g/mol. The number of unbranched alkanes of at least 4 members (excludes halogenated alkanes) is 28. The molecule has 0 aromatic heterocycles. The van der Waals surface area contributed by atoms with Crippen molar-refractivity contribution in [1.82, 2.24) is 10.6 Å². The van der Waals surface area contributed by atoms with E-state index in [4.69, 9.17) is 28.4 Å². The third-order valence-corrected chi connectivity index (χ3v) is 17.2. The van der Waals surface area contributed by atoms with Crippen molar-refractivity contribution in [3.63, 3.8) is 0 Å². The van der Waals surface area contributed by atoms with Gasteiger partial charge in [-0.2, -0.15) is 0 Å². The van der Waals surface area contributed by atoms with Crippen LogP contribution in [-0.2, 0) is 42.8 Å². The van der Waals surface area contributed by atoms with Crippen LogP contribution in [0.2, 0.25) is 0 Å². The fraction of sp³-hybridized carbons (Fsp3) is 0.922. The highest BCUT2D eigenvalue weighted by Gasteiger charge is 2.60. The molecule has 23 heteroatoms. The van der Waals surface area contributed by atoms with Gasteiger partial charge in [-0.05, 0) is 38.5 Å². The maximum absolute atomic E-state index is 13.4. The number of aliphatic hydroxyl groups excluding tert-OH is 11.